The van der Waals surface area contributed by atoms with E-state index in [0.717, 1.165) is 18.4 Å². The number of nitrogens with one attached hydrogen (secondary N) is 1. The molecule has 0 unspecified atom stereocenters. The zero-order chi connectivity index (χ0) is 24.6. The molecule has 3 aromatic rings. The Kier molecular flexibility index (Phi) is 6.31. The summed E-state index contributed by atoms with van der Waals surface area (Å²) in [5, 5.41) is 8.29. The molecule has 2 aliphatic rings. The van der Waals surface area contributed by atoms with Crippen molar-refractivity contribution < 1.29 is 9.53 Å². The predicted molar refractivity (Wildman–Crippen MR) is 132 cm³/mol. The summed E-state index contributed by atoms with van der Waals surface area (Å²) in [5.74, 6) is 0.725. The van der Waals surface area contributed by atoms with Crippen molar-refractivity contribution >= 4 is 17.2 Å². The number of carbonyl (C=O) groups excluding carboxylic acids is 1. The third kappa shape index (κ3) is 4.93. The Bertz CT molecular complexity index is 1240. The Morgan fingerprint density at radius 3 is 2.37 bits per heavy atom. The second kappa shape index (κ2) is 9.41. The van der Waals surface area contributed by atoms with Crippen molar-refractivity contribution in [2.45, 2.75) is 51.5 Å². The van der Waals surface area contributed by atoms with E-state index in [9.17, 15) is 9.59 Å². The molecule has 2 saturated heterocycles. The van der Waals surface area contributed by atoms with Crippen LogP contribution in [0.25, 0.3) is 11.2 Å². The molecule has 4 heterocycles. The van der Waals surface area contributed by atoms with Crippen LogP contribution in [-0.2, 0) is 16.7 Å². The quantitative estimate of drug-likeness (QED) is 0.618. The summed E-state index contributed by atoms with van der Waals surface area (Å²) in [6, 6.07) is 8.51. The third-order valence-electron chi connectivity index (χ3n) is 6.98. The second-order valence-electron chi connectivity index (χ2n) is 10.5. The topological polar surface area (TPSA) is 109 Å². The largest absolute Gasteiger partial charge is 0.378 e. The number of amides is 2. The lowest BCUT2D eigenvalue weighted by Gasteiger charge is -2.36. The van der Waals surface area contributed by atoms with Crippen LogP contribution in [0.3, 0.4) is 0 Å². The van der Waals surface area contributed by atoms with E-state index in [-0.39, 0.29) is 28.4 Å². The predicted octanol–water partition coefficient (Wildman–Crippen LogP) is 2.49. The van der Waals surface area contributed by atoms with Crippen molar-refractivity contribution in [1.82, 2.24) is 34.8 Å². The van der Waals surface area contributed by atoms with E-state index >= 15 is 0 Å². The van der Waals surface area contributed by atoms with Crippen LogP contribution in [0.4, 0.5) is 4.79 Å². The summed E-state index contributed by atoms with van der Waals surface area (Å²) in [6.07, 6.45) is 1.50. The maximum Gasteiger partial charge on any atom is 0.320 e. The molecule has 35 heavy (non-hydrogen) atoms. The third-order valence-corrected chi connectivity index (χ3v) is 6.98. The molecule has 0 saturated carbocycles. The molecule has 2 amide bonds. The normalized spacial score (nSPS) is 17.8. The average molecular weight is 480 g/mol. The molecule has 1 N–H and O–H groups in total. The average Bonchev–Trinajstić information content (AvgIpc) is 3.27. The number of carbonyl (C=O) groups is 1. The minimum atomic E-state index is -0.272. The molecular formula is C25H33N7O3. The maximum atomic E-state index is 12.8. The van der Waals surface area contributed by atoms with E-state index in [4.69, 9.17) is 9.72 Å². The van der Waals surface area contributed by atoms with Crippen molar-refractivity contribution in [3.63, 3.8) is 0 Å². The second-order valence-corrected chi connectivity index (χ2v) is 10.5. The van der Waals surface area contributed by atoms with Crippen LogP contribution in [0.2, 0.25) is 0 Å². The van der Waals surface area contributed by atoms with Gasteiger partial charge in [-0.05, 0) is 29.4 Å². The minimum absolute atomic E-state index is 0.0726. The zero-order valence-electron chi connectivity index (χ0n) is 20.7. The SMILES string of the molecule is CC(C)(C)c1ccc(Cn2nnc3c(=O)[nH]c(C4CCN(C(=O)N5CCOCC5)CC4)nc32)cc1. The number of H-pyrrole nitrogens is 1. The Hall–Kier alpha value is -3.27. The van der Waals surface area contributed by atoms with Crippen molar-refractivity contribution in [2.24, 2.45) is 0 Å². The van der Waals surface area contributed by atoms with E-state index in [2.05, 4.69) is 60.3 Å². The molecule has 0 spiro atoms. The maximum absolute atomic E-state index is 12.8. The van der Waals surface area contributed by atoms with Gasteiger partial charge in [-0.15, -0.1) is 5.10 Å². The molecule has 2 aromatic heterocycles. The molecular weight excluding hydrogens is 446 g/mol. The molecule has 10 nitrogen and oxygen atoms in total. The van der Waals surface area contributed by atoms with E-state index in [1.165, 1.54) is 5.56 Å². The van der Waals surface area contributed by atoms with Crippen LogP contribution >= 0.6 is 0 Å². The van der Waals surface area contributed by atoms with Crippen LogP contribution < -0.4 is 5.56 Å². The highest BCUT2D eigenvalue weighted by Crippen LogP contribution is 2.27. The van der Waals surface area contributed by atoms with Gasteiger partial charge in [0.05, 0.1) is 19.8 Å². The van der Waals surface area contributed by atoms with E-state index in [0.29, 0.717) is 57.4 Å². The summed E-state index contributed by atoms with van der Waals surface area (Å²) in [5.41, 5.74) is 2.90. The number of aromatic nitrogens is 5. The highest BCUT2D eigenvalue weighted by atomic mass is 16.5. The highest BCUT2D eigenvalue weighted by Gasteiger charge is 2.29. The number of aromatic amines is 1. The summed E-state index contributed by atoms with van der Waals surface area (Å²) in [6.45, 7) is 10.8. The first-order valence-corrected chi connectivity index (χ1v) is 12.3. The van der Waals surface area contributed by atoms with Gasteiger partial charge in [0, 0.05) is 32.1 Å². The van der Waals surface area contributed by atoms with Crippen LogP contribution in [0.1, 0.15) is 56.5 Å². The van der Waals surface area contributed by atoms with Gasteiger partial charge in [-0.1, -0.05) is 50.3 Å². The van der Waals surface area contributed by atoms with Crippen LogP contribution in [0, 0.1) is 0 Å². The molecule has 2 aliphatic heterocycles. The van der Waals surface area contributed by atoms with Gasteiger partial charge in [-0.3, -0.25) is 4.79 Å². The summed E-state index contributed by atoms with van der Waals surface area (Å²) >= 11 is 0. The lowest BCUT2D eigenvalue weighted by atomic mass is 9.87. The number of benzene rings is 1. The monoisotopic (exact) mass is 479 g/mol. The van der Waals surface area contributed by atoms with Gasteiger partial charge in [0.15, 0.2) is 11.2 Å². The fourth-order valence-corrected chi connectivity index (χ4v) is 4.77. The molecule has 0 aliphatic carbocycles. The molecule has 5 rings (SSSR count). The summed E-state index contributed by atoms with van der Waals surface area (Å²) in [4.78, 5) is 37.0. The van der Waals surface area contributed by atoms with Crippen LogP contribution in [0.15, 0.2) is 29.1 Å². The number of likely N-dealkylation sites (tertiary alicyclic amines) is 1. The number of fused-ring (bicyclic) bond motifs is 1. The number of hydrogen-bond acceptors (Lipinski definition) is 6. The zero-order valence-corrected chi connectivity index (χ0v) is 20.7. The Morgan fingerprint density at radius 1 is 1.06 bits per heavy atom. The number of morpholine rings is 1. The van der Waals surface area contributed by atoms with Gasteiger partial charge in [-0.25, -0.2) is 14.5 Å². The van der Waals surface area contributed by atoms with Crippen LogP contribution in [0.5, 0.6) is 0 Å². The fraction of sp³-hybridized carbons (Fsp3) is 0.560. The number of rotatable bonds is 3. The Labute approximate surface area is 204 Å². The van der Waals surface area contributed by atoms with Gasteiger partial charge in [0.1, 0.15) is 5.82 Å². The first-order valence-electron chi connectivity index (χ1n) is 12.3. The van der Waals surface area contributed by atoms with E-state index < -0.39 is 0 Å². The number of nitrogens with zero attached hydrogens (tertiary/aromatic N) is 6. The Balaban J connectivity index is 1.31. The molecule has 2 fully saturated rings. The standard InChI is InChI=1S/C25H33N7O3/c1-25(2,3)19-6-4-17(5-7-19)16-32-22-20(28-29-32)23(33)27-21(26-22)18-8-10-30(11-9-18)24(34)31-12-14-35-15-13-31/h4-7,18H,8-16H2,1-3H3,(H,26,27,33). The van der Waals surface area contributed by atoms with Crippen molar-refractivity contribution in [3.8, 4) is 0 Å². The van der Waals surface area contributed by atoms with Gasteiger partial charge >= 0.3 is 6.03 Å². The lowest BCUT2D eigenvalue weighted by molar-refractivity contribution is 0.0410. The first-order chi connectivity index (χ1) is 16.8. The van der Waals surface area contributed by atoms with Crippen LogP contribution in [-0.4, -0.2) is 80.2 Å². The molecule has 186 valence electrons. The number of ether oxygens (including phenoxy) is 1. The molecule has 0 radical (unpaired) electrons. The Morgan fingerprint density at radius 2 is 1.71 bits per heavy atom. The molecule has 10 heteroatoms. The number of piperidine rings is 1. The lowest BCUT2D eigenvalue weighted by Crippen LogP contribution is -2.50. The smallest absolute Gasteiger partial charge is 0.320 e. The van der Waals surface area contributed by atoms with Gasteiger partial charge in [0.2, 0.25) is 0 Å². The van der Waals surface area contributed by atoms with Crippen molar-refractivity contribution in [3.05, 3.63) is 51.6 Å². The fourth-order valence-electron chi connectivity index (χ4n) is 4.77. The number of urea groups is 1. The summed E-state index contributed by atoms with van der Waals surface area (Å²) in [7, 11) is 0. The van der Waals surface area contributed by atoms with Gasteiger partial charge < -0.3 is 19.5 Å². The van der Waals surface area contributed by atoms with E-state index in [1.54, 1.807) is 4.68 Å². The molecule has 0 atom stereocenters. The van der Waals surface area contributed by atoms with E-state index in [1.807, 2.05) is 9.80 Å². The van der Waals surface area contributed by atoms with Gasteiger partial charge in [-0.2, -0.15) is 0 Å². The minimum Gasteiger partial charge on any atom is -0.378 e. The van der Waals surface area contributed by atoms with Crippen molar-refractivity contribution in [2.75, 3.05) is 39.4 Å². The molecule has 0 bridgehead atoms. The molecule has 1 aromatic carbocycles. The van der Waals surface area contributed by atoms with Gasteiger partial charge in [0.25, 0.3) is 5.56 Å². The van der Waals surface area contributed by atoms with Crippen molar-refractivity contribution in [1.29, 1.82) is 0 Å². The highest BCUT2D eigenvalue weighted by molar-refractivity contribution is 5.74. The first kappa shape index (κ1) is 23.5. The number of hydrogen-bond donors (Lipinski definition) is 1. The summed E-state index contributed by atoms with van der Waals surface area (Å²) < 4.78 is 7.04.